The van der Waals surface area contributed by atoms with Gasteiger partial charge in [0, 0.05) is 6.04 Å². The third-order valence-corrected chi connectivity index (χ3v) is 5.36. The largest absolute Gasteiger partial charge is 0.300 e. The summed E-state index contributed by atoms with van der Waals surface area (Å²) in [7, 11) is 0. The van der Waals surface area contributed by atoms with E-state index in [0.29, 0.717) is 5.41 Å². The van der Waals surface area contributed by atoms with Gasteiger partial charge < -0.3 is 4.90 Å². The standard InChI is InChI=1S/C16H31N/c1-12(2)13-10-15(11-13)17-8-6-14(7-9-17)16(3,4)5/h12-15H,6-11H2,1-5H3. The van der Waals surface area contributed by atoms with Gasteiger partial charge in [-0.15, -0.1) is 0 Å². The van der Waals surface area contributed by atoms with Crippen LogP contribution in [0.3, 0.4) is 0 Å². The van der Waals surface area contributed by atoms with Crippen molar-refractivity contribution in [2.75, 3.05) is 13.1 Å². The summed E-state index contributed by atoms with van der Waals surface area (Å²) < 4.78 is 0. The Hall–Kier alpha value is -0.0400. The minimum absolute atomic E-state index is 0.520. The molecule has 1 aliphatic carbocycles. The first kappa shape index (κ1) is 13.4. The third kappa shape index (κ3) is 3.05. The maximum atomic E-state index is 2.78. The molecule has 0 atom stereocenters. The van der Waals surface area contributed by atoms with Gasteiger partial charge in [-0.3, -0.25) is 0 Å². The Morgan fingerprint density at radius 1 is 1.00 bits per heavy atom. The van der Waals surface area contributed by atoms with Gasteiger partial charge in [0.15, 0.2) is 0 Å². The van der Waals surface area contributed by atoms with E-state index in [1.165, 1.54) is 38.8 Å². The maximum absolute atomic E-state index is 2.78. The summed E-state index contributed by atoms with van der Waals surface area (Å²) in [4.78, 5) is 2.78. The number of piperidine rings is 1. The maximum Gasteiger partial charge on any atom is 0.0101 e. The Morgan fingerprint density at radius 2 is 1.53 bits per heavy atom. The fraction of sp³-hybridized carbons (Fsp3) is 1.00. The molecule has 0 aromatic rings. The summed E-state index contributed by atoms with van der Waals surface area (Å²) >= 11 is 0. The van der Waals surface area contributed by atoms with Crippen molar-refractivity contribution in [2.45, 2.75) is 66.3 Å². The molecule has 1 nitrogen and oxygen atoms in total. The molecule has 0 aromatic heterocycles. The minimum atomic E-state index is 0.520. The Labute approximate surface area is 108 Å². The lowest BCUT2D eigenvalue weighted by Crippen LogP contribution is -2.50. The quantitative estimate of drug-likeness (QED) is 0.696. The highest BCUT2D eigenvalue weighted by molar-refractivity contribution is 4.91. The smallest absolute Gasteiger partial charge is 0.0101 e. The van der Waals surface area contributed by atoms with Crippen molar-refractivity contribution in [1.82, 2.24) is 4.90 Å². The highest BCUT2D eigenvalue weighted by Crippen LogP contribution is 2.40. The van der Waals surface area contributed by atoms with Gasteiger partial charge in [0.1, 0.15) is 0 Å². The van der Waals surface area contributed by atoms with Gasteiger partial charge in [0.25, 0.3) is 0 Å². The zero-order chi connectivity index (χ0) is 12.6. The van der Waals surface area contributed by atoms with Crippen molar-refractivity contribution in [3.8, 4) is 0 Å². The molecule has 0 spiro atoms. The number of hydrogen-bond acceptors (Lipinski definition) is 1. The molecule has 1 aliphatic heterocycles. The van der Waals surface area contributed by atoms with Gasteiger partial charge in [-0.25, -0.2) is 0 Å². The van der Waals surface area contributed by atoms with Gasteiger partial charge in [0.05, 0.1) is 0 Å². The predicted molar refractivity (Wildman–Crippen MR) is 75.1 cm³/mol. The van der Waals surface area contributed by atoms with Crippen LogP contribution in [0.5, 0.6) is 0 Å². The highest BCUT2D eigenvalue weighted by atomic mass is 15.2. The van der Waals surface area contributed by atoms with Gasteiger partial charge >= 0.3 is 0 Å². The molecule has 0 unspecified atom stereocenters. The fourth-order valence-electron chi connectivity index (χ4n) is 3.60. The van der Waals surface area contributed by atoms with Crippen molar-refractivity contribution in [3.63, 3.8) is 0 Å². The Kier molecular flexibility index (Phi) is 3.87. The summed E-state index contributed by atoms with van der Waals surface area (Å²) in [5.41, 5.74) is 0.520. The molecule has 1 heterocycles. The summed E-state index contributed by atoms with van der Waals surface area (Å²) in [5, 5.41) is 0. The molecular weight excluding hydrogens is 206 g/mol. The van der Waals surface area contributed by atoms with Crippen LogP contribution in [0.2, 0.25) is 0 Å². The van der Waals surface area contributed by atoms with E-state index in [4.69, 9.17) is 0 Å². The van der Waals surface area contributed by atoms with Crippen molar-refractivity contribution in [3.05, 3.63) is 0 Å². The van der Waals surface area contributed by atoms with Gasteiger partial charge in [-0.2, -0.15) is 0 Å². The average Bonchev–Trinajstić information content (AvgIpc) is 2.14. The number of rotatable bonds is 2. The first-order valence-electron chi connectivity index (χ1n) is 7.62. The molecule has 0 bridgehead atoms. The molecule has 0 N–H and O–H groups in total. The van der Waals surface area contributed by atoms with E-state index in [0.717, 1.165) is 23.8 Å². The molecule has 17 heavy (non-hydrogen) atoms. The second-order valence-corrected chi connectivity index (χ2v) is 7.81. The lowest BCUT2D eigenvalue weighted by Gasteiger charge is -2.48. The van der Waals surface area contributed by atoms with Gasteiger partial charge in [-0.05, 0) is 61.9 Å². The molecule has 0 amide bonds. The molecule has 1 heteroatoms. The summed E-state index contributed by atoms with van der Waals surface area (Å²) in [6.45, 7) is 14.7. The molecule has 0 radical (unpaired) electrons. The summed E-state index contributed by atoms with van der Waals surface area (Å²) in [6, 6.07) is 0.934. The Balaban J connectivity index is 1.74. The minimum Gasteiger partial charge on any atom is -0.300 e. The van der Waals surface area contributed by atoms with E-state index in [-0.39, 0.29) is 0 Å². The fourth-order valence-corrected chi connectivity index (χ4v) is 3.60. The van der Waals surface area contributed by atoms with Crippen LogP contribution in [-0.2, 0) is 0 Å². The van der Waals surface area contributed by atoms with E-state index >= 15 is 0 Å². The van der Waals surface area contributed by atoms with Gasteiger partial charge in [0.2, 0.25) is 0 Å². The second kappa shape index (κ2) is 4.91. The van der Waals surface area contributed by atoms with Crippen LogP contribution < -0.4 is 0 Å². The SMILES string of the molecule is CC(C)C1CC(N2CCC(C(C)(C)C)CC2)C1. The average molecular weight is 237 g/mol. The summed E-state index contributed by atoms with van der Waals surface area (Å²) in [6.07, 6.45) is 5.79. The highest BCUT2D eigenvalue weighted by Gasteiger charge is 2.37. The van der Waals surface area contributed by atoms with E-state index in [1.807, 2.05) is 0 Å². The molecule has 2 aliphatic rings. The Bertz CT molecular complexity index is 237. The molecule has 100 valence electrons. The van der Waals surface area contributed by atoms with Crippen LogP contribution in [0.25, 0.3) is 0 Å². The topological polar surface area (TPSA) is 3.24 Å². The summed E-state index contributed by atoms with van der Waals surface area (Å²) in [5.74, 6) is 2.86. The van der Waals surface area contributed by atoms with Crippen LogP contribution in [0.15, 0.2) is 0 Å². The zero-order valence-corrected chi connectivity index (χ0v) is 12.5. The predicted octanol–water partition coefficient (Wildman–Crippen LogP) is 4.18. The van der Waals surface area contributed by atoms with Crippen molar-refractivity contribution < 1.29 is 0 Å². The monoisotopic (exact) mass is 237 g/mol. The molecular formula is C16H31N. The van der Waals surface area contributed by atoms with E-state index in [9.17, 15) is 0 Å². The van der Waals surface area contributed by atoms with Crippen molar-refractivity contribution in [2.24, 2.45) is 23.2 Å². The first-order chi connectivity index (χ1) is 7.88. The molecule has 2 rings (SSSR count). The van der Waals surface area contributed by atoms with Crippen LogP contribution >= 0.6 is 0 Å². The van der Waals surface area contributed by atoms with E-state index in [2.05, 4.69) is 39.5 Å². The Morgan fingerprint density at radius 3 is 1.94 bits per heavy atom. The molecule has 1 saturated carbocycles. The lowest BCUT2D eigenvalue weighted by atomic mass is 9.71. The van der Waals surface area contributed by atoms with Crippen LogP contribution in [0.4, 0.5) is 0 Å². The third-order valence-electron chi connectivity index (χ3n) is 5.36. The van der Waals surface area contributed by atoms with E-state index in [1.54, 1.807) is 0 Å². The van der Waals surface area contributed by atoms with Crippen molar-refractivity contribution in [1.29, 1.82) is 0 Å². The number of hydrogen-bond donors (Lipinski definition) is 0. The molecule has 1 saturated heterocycles. The van der Waals surface area contributed by atoms with Crippen LogP contribution in [0, 0.1) is 23.2 Å². The van der Waals surface area contributed by atoms with E-state index < -0.39 is 0 Å². The first-order valence-corrected chi connectivity index (χ1v) is 7.62. The molecule has 0 aromatic carbocycles. The number of nitrogens with zero attached hydrogens (tertiary/aromatic N) is 1. The van der Waals surface area contributed by atoms with Crippen LogP contribution in [-0.4, -0.2) is 24.0 Å². The normalized spacial score (nSPS) is 32.8. The lowest BCUT2D eigenvalue weighted by molar-refractivity contribution is 0.0150. The van der Waals surface area contributed by atoms with Crippen LogP contribution in [0.1, 0.15) is 60.3 Å². The number of likely N-dealkylation sites (tertiary alicyclic amines) is 1. The zero-order valence-electron chi connectivity index (χ0n) is 12.5. The second-order valence-electron chi connectivity index (χ2n) is 7.81. The van der Waals surface area contributed by atoms with Gasteiger partial charge in [-0.1, -0.05) is 34.6 Å². The van der Waals surface area contributed by atoms with Crippen molar-refractivity contribution >= 4 is 0 Å². The molecule has 2 fully saturated rings.